The largest absolute Gasteiger partial charge is 0.476 e. The van der Waals surface area contributed by atoms with Crippen LogP contribution in [0.1, 0.15) is 6.42 Å². The van der Waals surface area contributed by atoms with Crippen LogP contribution in [0, 0.1) is 5.92 Å². The van der Waals surface area contributed by atoms with Crippen LogP contribution in [0.5, 0.6) is 5.88 Å². The third-order valence-corrected chi connectivity index (χ3v) is 2.76. The number of nitrogen functional groups attached to an aromatic ring is 1. The summed E-state index contributed by atoms with van der Waals surface area (Å²) < 4.78 is 11.7. The van der Waals surface area contributed by atoms with Crippen LogP contribution >= 0.6 is 15.9 Å². The van der Waals surface area contributed by atoms with Gasteiger partial charge >= 0.3 is 0 Å². The predicted molar refractivity (Wildman–Crippen MR) is 60.8 cm³/mol. The van der Waals surface area contributed by atoms with Crippen LogP contribution in [0.25, 0.3) is 0 Å². The number of nitrogens with two attached hydrogens (primary N) is 1. The predicted octanol–water partition coefficient (Wildman–Crippen LogP) is 1.84. The van der Waals surface area contributed by atoms with Crippen LogP contribution in [-0.4, -0.2) is 24.8 Å². The van der Waals surface area contributed by atoms with Crippen LogP contribution in [0.15, 0.2) is 16.7 Å². The van der Waals surface area contributed by atoms with Gasteiger partial charge in [0.1, 0.15) is 0 Å². The van der Waals surface area contributed by atoms with E-state index >= 15 is 0 Å². The second kappa shape index (κ2) is 4.81. The Morgan fingerprint density at radius 2 is 2.53 bits per heavy atom. The maximum atomic E-state index is 5.76. The van der Waals surface area contributed by atoms with Crippen molar-refractivity contribution in [3.05, 3.63) is 16.7 Å². The molecule has 1 atom stereocenters. The van der Waals surface area contributed by atoms with Gasteiger partial charge < -0.3 is 15.2 Å². The Labute approximate surface area is 96.9 Å². The third kappa shape index (κ3) is 2.82. The Kier molecular flexibility index (Phi) is 3.43. The fourth-order valence-corrected chi connectivity index (χ4v) is 1.82. The van der Waals surface area contributed by atoms with Crippen molar-refractivity contribution in [1.29, 1.82) is 0 Å². The number of aromatic nitrogens is 1. The summed E-state index contributed by atoms with van der Waals surface area (Å²) in [6.45, 7) is 2.23. The molecule has 0 aliphatic carbocycles. The molecule has 1 aromatic rings. The van der Waals surface area contributed by atoms with Crippen molar-refractivity contribution < 1.29 is 9.47 Å². The maximum absolute atomic E-state index is 5.76. The summed E-state index contributed by atoms with van der Waals surface area (Å²) in [6.07, 6.45) is 2.73. The van der Waals surface area contributed by atoms with E-state index in [-0.39, 0.29) is 0 Å². The van der Waals surface area contributed by atoms with Crippen molar-refractivity contribution >= 4 is 21.6 Å². The molecule has 82 valence electrons. The normalized spacial score (nSPS) is 20.5. The number of hydrogen-bond donors (Lipinski definition) is 1. The van der Waals surface area contributed by atoms with Gasteiger partial charge in [0.05, 0.1) is 18.9 Å². The number of anilines is 1. The van der Waals surface area contributed by atoms with Gasteiger partial charge in [-0.05, 0) is 28.4 Å². The first-order chi connectivity index (χ1) is 7.25. The van der Waals surface area contributed by atoms with E-state index in [1.54, 1.807) is 12.3 Å². The van der Waals surface area contributed by atoms with Gasteiger partial charge in [0, 0.05) is 23.2 Å². The molecule has 1 unspecified atom stereocenters. The highest BCUT2D eigenvalue weighted by Crippen LogP contribution is 2.23. The van der Waals surface area contributed by atoms with Crippen molar-refractivity contribution in [2.24, 2.45) is 5.92 Å². The monoisotopic (exact) mass is 272 g/mol. The topological polar surface area (TPSA) is 57.4 Å². The molecular formula is C10H13BrN2O2. The van der Waals surface area contributed by atoms with E-state index in [1.807, 2.05) is 0 Å². The summed E-state index contributed by atoms with van der Waals surface area (Å²) in [5, 5.41) is 0. The number of nitrogens with zero attached hydrogens (tertiary/aromatic N) is 1. The first-order valence-corrected chi connectivity index (χ1v) is 5.66. The molecule has 1 aromatic heterocycles. The van der Waals surface area contributed by atoms with E-state index in [2.05, 4.69) is 20.9 Å². The van der Waals surface area contributed by atoms with Gasteiger partial charge in [-0.25, -0.2) is 4.98 Å². The molecule has 2 heterocycles. The second-order valence-electron chi connectivity index (χ2n) is 3.59. The lowest BCUT2D eigenvalue weighted by atomic mass is 10.1. The molecule has 4 nitrogen and oxygen atoms in total. The van der Waals surface area contributed by atoms with E-state index in [9.17, 15) is 0 Å². The first kappa shape index (κ1) is 10.7. The van der Waals surface area contributed by atoms with Gasteiger partial charge in [0.2, 0.25) is 5.88 Å². The van der Waals surface area contributed by atoms with Gasteiger partial charge in [0.15, 0.2) is 0 Å². The van der Waals surface area contributed by atoms with Gasteiger partial charge in [-0.3, -0.25) is 0 Å². The molecule has 0 spiro atoms. The van der Waals surface area contributed by atoms with Crippen molar-refractivity contribution in [3.63, 3.8) is 0 Å². The molecule has 0 amide bonds. The number of hydrogen-bond acceptors (Lipinski definition) is 4. The average Bonchev–Trinajstić information content (AvgIpc) is 2.69. The highest BCUT2D eigenvalue weighted by Gasteiger charge is 2.16. The molecule has 15 heavy (non-hydrogen) atoms. The van der Waals surface area contributed by atoms with Gasteiger partial charge in [-0.2, -0.15) is 0 Å². The first-order valence-electron chi connectivity index (χ1n) is 4.87. The summed E-state index contributed by atoms with van der Waals surface area (Å²) in [6, 6.07) is 1.79. The lowest BCUT2D eigenvalue weighted by molar-refractivity contribution is 0.166. The molecule has 5 heteroatoms. The van der Waals surface area contributed by atoms with Crippen LogP contribution in [0.2, 0.25) is 0 Å². The Balaban J connectivity index is 1.92. The number of pyridine rings is 1. The second-order valence-corrected chi connectivity index (χ2v) is 4.50. The van der Waals surface area contributed by atoms with Crippen molar-refractivity contribution in [1.82, 2.24) is 4.98 Å². The molecule has 1 fully saturated rings. The minimum Gasteiger partial charge on any atom is -0.476 e. The summed E-state index contributed by atoms with van der Waals surface area (Å²) in [5.41, 5.74) is 6.32. The molecule has 0 radical (unpaired) electrons. The molecule has 0 saturated carbocycles. The molecule has 1 saturated heterocycles. The zero-order chi connectivity index (χ0) is 10.7. The molecule has 0 aromatic carbocycles. The zero-order valence-corrected chi connectivity index (χ0v) is 9.87. The van der Waals surface area contributed by atoms with Gasteiger partial charge in [0.25, 0.3) is 0 Å². The molecule has 2 N–H and O–H groups in total. The standard InChI is InChI=1S/C10H13BrN2O2/c11-8-3-9(12)10(13-4-8)15-6-7-1-2-14-5-7/h3-4,7H,1-2,5-6,12H2. The third-order valence-electron chi connectivity index (χ3n) is 2.33. The lowest BCUT2D eigenvalue weighted by Gasteiger charge is -2.10. The molecule has 1 aliphatic rings. The lowest BCUT2D eigenvalue weighted by Crippen LogP contribution is -2.13. The SMILES string of the molecule is Nc1cc(Br)cnc1OCC1CCOC1. The summed E-state index contributed by atoms with van der Waals surface area (Å²) >= 11 is 3.30. The fraction of sp³-hybridized carbons (Fsp3) is 0.500. The molecule has 2 rings (SSSR count). The van der Waals surface area contributed by atoms with Crippen molar-refractivity contribution in [2.75, 3.05) is 25.6 Å². The van der Waals surface area contributed by atoms with Gasteiger partial charge in [-0.15, -0.1) is 0 Å². The van der Waals surface area contributed by atoms with Crippen LogP contribution < -0.4 is 10.5 Å². The van der Waals surface area contributed by atoms with E-state index in [0.717, 1.165) is 24.1 Å². The van der Waals surface area contributed by atoms with Crippen molar-refractivity contribution in [3.8, 4) is 5.88 Å². The Hall–Kier alpha value is -0.810. The quantitative estimate of drug-likeness (QED) is 0.913. The minimum atomic E-state index is 0.467. The van der Waals surface area contributed by atoms with Crippen LogP contribution in [0.3, 0.4) is 0 Å². The zero-order valence-electron chi connectivity index (χ0n) is 8.28. The van der Waals surface area contributed by atoms with Crippen LogP contribution in [-0.2, 0) is 4.74 Å². The van der Waals surface area contributed by atoms with Gasteiger partial charge in [-0.1, -0.05) is 0 Å². The highest BCUT2D eigenvalue weighted by atomic mass is 79.9. The summed E-state index contributed by atoms with van der Waals surface area (Å²) in [7, 11) is 0. The summed E-state index contributed by atoms with van der Waals surface area (Å²) in [5.74, 6) is 0.972. The molecule has 1 aliphatic heterocycles. The Morgan fingerprint density at radius 1 is 1.67 bits per heavy atom. The van der Waals surface area contributed by atoms with E-state index in [0.29, 0.717) is 24.1 Å². The van der Waals surface area contributed by atoms with Crippen LogP contribution in [0.4, 0.5) is 5.69 Å². The number of ether oxygens (including phenoxy) is 2. The Bertz CT molecular complexity index is 340. The van der Waals surface area contributed by atoms with E-state index in [4.69, 9.17) is 15.2 Å². The molecular weight excluding hydrogens is 260 g/mol. The summed E-state index contributed by atoms with van der Waals surface area (Å²) in [4.78, 5) is 4.10. The number of rotatable bonds is 3. The van der Waals surface area contributed by atoms with Crippen molar-refractivity contribution in [2.45, 2.75) is 6.42 Å². The van der Waals surface area contributed by atoms with E-state index < -0.39 is 0 Å². The highest BCUT2D eigenvalue weighted by molar-refractivity contribution is 9.10. The number of halogens is 1. The average molecular weight is 273 g/mol. The minimum absolute atomic E-state index is 0.467. The maximum Gasteiger partial charge on any atom is 0.237 e. The smallest absolute Gasteiger partial charge is 0.237 e. The fourth-order valence-electron chi connectivity index (χ4n) is 1.47. The molecule has 0 bridgehead atoms. The Morgan fingerprint density at radius 3 is 3.20 bits per heavy atom. The van der Waals surface area contributed by atoms with E-state index in [1.165, 1.54) is 0 Å².